The average molecular weight is 439 g/mol. The number of benzene rings is 2. The molecule has 0 radical (unpaired) electrons. The van der Waals surface area contributed by atoms with E-state index in [-0.39, 0.29) is 6.04 Å². The smallest absolute Gasteiger partial charge is 0.173 e. The Bertz CT molecular complexity index is 985. The molecule has 0 saturated carbocycles. The number of hydrogen-bond acceptors (Lipinski definition) is 8. The molecule has 0 amide bonds. The van der Waals surface area contributed by atoms with Crippen LogP contribution in [0.4, 0.5) is 5.69 Å². The molecule has 9 heteroatoms. The lowest BCUT2D eigenvalue weighted by atomic mass is 10.0. The standard InChI is InChI=1S/C23H30N6O3/c1-30-17-16-29-23(24-25-26-29)22(20-6-4-5-7-21(20)32-3)28-14-12-27(13-15-28)18-8-10-19(31-2)11-9-18/h4-11,22H,12-17H2,1-3H3/t22-/m0/s1. The highest BCUT2D eigenvalue weighted by molar-refractivity contribution is 5.49. The molecule has 1 fully saturated rings. The van der Waals surface area contributed by atoms with Crippen LogP contribution < -0.4 is 14.4 Å². The van der Waals surface area contributed by atoms with Gasteiger partial charge in [0.1, 0.15) is 17.5 Å². The quantitative estimate of drug-likeness (QED) is 0.504. The predicted octanol–water partition coefficient (Wildman–Crippen LogP) is 2.25. The van der Waals surface area contributed by atoms with E-state index in [1.54, 1.807) is 21.3 Å². The van der Waals surface area contributed by atoms with Crippen molar-refractivity contribution in [2.45, 2.75) is 12.6 Å². The number of anilines is 1. The van der Waals surface area contributed by atoms with Crippen molar-refractivity contribution in [2.75, 3.05) is 59.0 Å². The third-order valence-electron chi connectivity index (χ3n) is 5.86. The summed E-state index contributed by atoms with van der Waals surface area (Å²) in [5, 5.41) is 12.6. The maximum atomic E-state index is 5.70. The first-order valence-corrected chi connectivity index (χ1v) is 10.8. The maximum Gasteiger partial charge on any atom is 0.173 e. The Balaban J connectivity index is 1.59. The van der Waals surface area contributed by atoms with E-state index < -0.39 is 0 Å². The molecular formula is C23H30N6O3. The van der Waals surface area contributed by atoms with Crippen LogP contribution >= 0.6 is 0 Å². The van der Waals surface area contributed by atoms with Gasteiger partial charge in [-0.15, -0.1) is 5.10 Å². The number of piperazine rings is 1. The zero-order chi connectivity index (χ0) is 22.3. The molecule has 1 aromatic heterocycles. The molecule has 0 bridgehead atoms. The second kappa shape index (κ2) is 10.4. The van der Waals surface area contributed by atoms with Crippen molar-refractivity contribution in [1.82, 2.24) is 25.1 Å². The van der Waals surface area contributed by atoms with E-state index in [4.69, 9.17) is 14.2 Å². The van der Waals surface area contributed by atoms with Gasteiger partial charge in [0.15, 0.2) is 5.82 Å². The Labute approximate surface area is 188 Å². The second-order valence-electron chi connectivity index (χ2n) is 7.62. The van der Waals surface area contributed by atoms with E-state index in [1.165, 1.54) is 5.69 Å². The molecule has 170 valence electrons. The van der Waals surface area contributed by atoms with Crippen LogP contribution in [0.3, 0.4) is 0 Å². The van der Waals surface area contributed by atoms with Gasteiger partial charge in [-0.1, -0.05) is 18.2 Å². The summed E-state index contributed by atoms with van der Waals surface area (Å²) in [6.45, 7) is 4.67. The normalized spacial score (nSPS) is 15.5. The molecular weight excluding hydrogens is 408 g/mol. The molecule has 4 rings (SSSR count). The van der Waals surface area contributed by atoms with Crippen molar-refractivity contribution >= 4 is 5.69 Å². The van der Waals surface area contributed by atoms with Gasteiger partial charge in [-0.05, 0) is 40.8 Å². The molecule has 0 unspecified atom stereocenters. The van der Waals surface area contributed by atoms with Gasteiger partial charge in [-0.3, -0.25) is 4.90 Å². The number of hydrogen-bond donors (Lipinski definition) is 0. The summed E-state index contributed by atoms with van der Waals surface area (Å²) in [6.07, 6.45) is 0. The Morgan fingerprint density at radius 3 is 2.34 bits per heavy atom. The minimum absolute atomic E-state index is 0.115. The van der Waals surface area contributed by atoms with E-state index >= 15 is 0 Å². The first-order chi connectivity index (χ1) is 15.7. The van der Waals surface area contributed by atoms with Gasteiger partial charge in [0, 0.05) is 44.5 Å². The fraction of sp³-hybridized carbons (Fsp3) is 0.435. The van der Waals surface area contributed by atoms with Gasteiger partial charge in [0.2, 0.25) is 0 Å². The highest BCUT2D eigenvalue weighted by atomic mass is 16.5. The minimum Gasteiger partial charge on any atom is -0.497 e. The number of tetrazole rings is 1. The van der Waals surface area contributed by atoms with E-state index in [1.807, 2.05) is 35.0 Å². The summed E-state index contributed by atoms with van der Waals surface area (Å²) in [6, 6.07) is 16.2. The SMILES string of the molecule is COCCn1nnnc1[C@H](c1ccccc1OC)N1CCN(c2ccc(OC)cc2)CC1. The van der Waals surface area contributed by atoms with Crippen LogP contribution in [0.5, 0.6) is 11.5 Å². The monoisotopic (exact) mass is 438 g/mol. The fourth-order valence-corrected chi connectivity index (χ4v) is 4.17. The number of ether oxygens (including phenoxy) is 3. The van der Waals surface area contributed by atoms with Crippen LogP contribution in [-0.2, 0) is 11.3 Å². The van der Waals surface area contributed by atoms with Crippen molar-refractivity contribution in [3.8, 4) is 11.5 Å². The van der Waals surface area contributed by atoms with Gasteiger partial charge in [-0.25, -0.2) is 4.68 Å². The summed E-state index contributed by atoms with van der Waals surface area (Å²) in [7, 11) is 5.07. The van der Waals surface area contributed by atoms with Gasteiger partial charge in [0.25, 0.3) is 0 Å². The van der Waals surface area contributed by atoms with Crippen LogP contribution in [0.1, 0.15) is 17.4 Å². The highest BCUT2D eigenvalue weighted by Crippen LogP contribution is 2.34. The summed E-state index contributed by atoms with van der Waals surface area (Å²) in [5.41, 5.74) is 2.26. The first kappa shape index (κ1) is 22.0. The lowest BCUT2D eigenvalue weighted by molar-refractivity contribution is 0.171. The van der Waals surface area contributed by atoms with Crippen LogP contribution in [0.15, 0.2) is 48.5 Å². The second-order valence-corrected chi connectivity index (χ2v) is 7.62. The van der Waals surface area contributed by atoms with E-state index in [9.17, 15) is 0 Å². The van der Waals surface area contributed by atoms with Gasteiger partial charge in [0.05, 0.1) is 27.4 Å². The van der Waals surface area contributed by atoms with Crippen molar-refractivity contribution in [3.63, 3.8) is 0 Å². The van der Waals surface area contributed by atoms with E-state index in [2.05, 4.69) is 43.5 Å². The van der Waals surface area contributed by atoms with Crippen LogP contribution in [0.2, 0.25) is 0 Å². The van der Waals surface area contributed by atoms with Crippen molar-refractivity contribution in [2.24, 2.45) is 0 Å². The molecule has 1 saturated heterocycles. The number of rotatable bonds is 9. The zero-order valence-electron chi connectivity index (χ0n) is 18.8. The van der Waals surface area contributed by atoms with Crippen molar-refractivity contribution in [3.05, 3.63) is 59.9 Å². The molecule has 1 atom stereocenters. The Morgan fingerprint density at radius 2 is 1.66 bits per heavy atom. The highest BCUT2D eigenvalue weighted by Gasteiger charge is 2.32. The molecule has 0 N–H and O–H groups in total. The molecule has 3 aromatic rings. The van der Waals surface area contributed by atoms with Crippen molar-refractivity contribution in [1.29, 1.82) is 0 Å². The number of aromatic nitrogens is 4. The topological polar surface area (TPSA) is 77.8 Å². The molecule has 9 nitrogen and oxygen atoms in total. The van der Waals surface area contributed by atoms with Crippen LogP contribution in [0, 0.1) is 0 Å². The molecule has 32 heavy (non-hydrogen) atoms. The largest absolute Gasteiger partial charge is 0.497 e. The van der Waals surface area contributed by atoms with Crippen LogP contribution in [-0.4, -0.2) is 79.2 Å². The third-order valence-corrected chi connectivity index (χ3v) is 5.86. The average Bonchev–Trinajstić information content (AvgIpc) is 3.31. The lowest BCUT2D eigenvalue weighted by Gasteiger charge is -2.40. The first-order valence-electron chi connectivity index (χ1n) is 10.8. The zero-order valence-corrected chi connectivity index (χ0v) is 18.8. The number of para-hydroxylation sites is 1. The Kier molecular flexibility index (Phi) is 7.18. The lowest BCUT2D eigenvalue weighted by Crippen LogP contribution is -2.48. The maximum absolute atomic E-state index is 5.70. The van der Waals surface area contributed by atoms with Gasteiger partial charge >= 0.3 is 0 Å². The van der Waals surface area contributed by atoms with Crippen molar-refractivity contribution < 1.29 is 14.2 Å². The molecule has 2 heterocycles. The predicted molar refractivity (Wildman–Crippen MR) is 121 cm³/mol. The number of methoxy groups -OCH3 is 3. The molecule has 0 spiro atoms. The Morgan fingerprint density at radius 1 is 0.906 bits per heavy atom. The van der Waals surface area contributed by atoms with Crippen LogP contribution in [0.25, 0.3) is 0 Å². The fourth-order valence-electron chi connectivity index (χ4n) is 4.17. The van der Waals surface area contributed by atoms with E-state index in [0.717, 1.165) is 49.1 Å². The summed E-state index contributed by atoms with van der Waals surface area (Å²) in [4.78, 5) is 4.82. The van der Waals surface area contributed by atoms with Gasteiger partial charge < -0.3 is 19.1 Å². The van der Waals surface area contributed by atoms with Gasteiger partial charge in [-0.2, -0.15) is 0 Å². The van der Waals surface area contributed by atoms with E-state index in [0.29, 0.717) is 13.2 Å². The number of nitrogens with zero attached hydrogens (tertiary/aromatic N) is 6. The summed E-state index contributed by atoms with van der Waals surface area (Å²) in [5.74, 6) is 2.49. The molecule has 0 aliphatic carbocycles. The summed E-state index contributed by atoms with van der Waals surface area (Å²) >= 11 is 0. The molecule has 2 aromatic carbocycles. The molecule has 1 aliphatic heterocycles. The Hall–Kier alpha value is -3.17. The minimum atomic E-state index is -0.115. The third kappa shape index (κ3) is 4.68. The molecule has 1 aliphatic rings. The summed E-state index contributed by atoms with van der Waals surface area (Å²) < 4.78 is 18.1.